The second-order valence-corrected chi connectivity index (χ2v) is 7.83. The van der Waals surface area contributed by atoms with Crippen LogP contribution in [0.15, 0.2) is 54.6 Å². The molecule has 2 aromatic rings. The number of nitro groups is 1. The summed E-state index contributed by atoms with van der Waals surface area (Å²) < 4.78 is 4.90. The van der Waals surface area contributed by atoms with Crippen molar-refractivity contribution < 1.29 is 19.2 Å². The Kier molecular flexibility index (Phi) is 6.82. The second-order valence-electron chi connectivity index (χ2n) is 7.83. The lowest BCUT2D eigenvalue weighted by Crippen LogP contribution is -2.49. The summed E-state index contributed by atoms with van der Waals surface area (Å²) in [5.74, 6) is -0.671. The average molecular weight is 410 g/mol. The maximum absolute atomic E-state index is 13.3. The van der Waals surface area contributed by atoms with Gasteiger partial charge in [-0.25, -0.2) is 4.79 Å². The molecule has 0 bridgehead atoms. The van der Waals surface area contributed by atoms with E-state index in [9.17, 15) is 19.7 Å². The number of benzene rings is 2. The van der Waals surface area contributed by atoms with E-state index in [1.165, 1.54) is 19.2 Å². The lowest BCUT2D eigenvalue weighted by atomic mass is 9.79. The molecule has 30 heavy (non-hydrogen) atoms. The second kappa shape index (κ2) is 9.52. The molecule has 0 unspecified atom stereocenters. The van der Waals surface area contributed by atoms with Crippen molar-refractivity contribution in [2.24, 2.45) is 5.41 Å². The number of nitrogens with one attached hydrogen (secondary N) is 1. The summed E-state index contributed by atoms with van der Waals surface area (Å²) in [5.41, 5.74) is 1.24. The van der Waals surface area contributed by atoms with Crippen molar-refractivity contribution in [1.29, 1.82) is 0 Å². The van der Waals surface area contributed by atoms with Gasteiger partial charge in [0.05, 0.1) is 17.4 Å². The molecule has 0 saturated heterocycles. The molecule has 0 spiro atoms. The summed E-state index contributed by atoms with van der Waals surface area (Å²) in [5, 5.41) is 13.8. The smallest absolute Gasteiger partial charge is 0.328 e. The number of nitro benzene ring substituents is 1. The number of hydrogen-bond acceptors (Lipinski definition) is 5. The predicted molar refractivity (Wildman–Crippen MR) is 112 cm³/mol. The molecule has 0 heterocycles. The zero-order valence-electron chi connectivity index (χ0n) is 17.0. The predicted octanol–water partition coefficient (Wildman–Crippen LogP) is 3.60. The van der Waals surface area contributed by atoms with Crippen LogP contribution in [-0.4, -0.2) is 30.0 Å². The minimum Gasteiger partial charge on any atom is -0.467 e. The molecule has 1 N–H and O–H groups in total. The molecule has 7 nitrogen and oxygen atoms in total. The lowest BCUT2D eigenvalue weighted by molar-refractivity contribution is -0.384. The van der Waals surface area contributed by atoms with Crippen LogP contribution in [0.3, 0.4) is 0 Å². The molecule has 7 heteroatoms. The fourth-order valence-electron chi connectivity index (χ4n) is 4.16. The largest absolute Gasteiger partial charge is 0.467 e. The standard InChI is InChI=1S/C23H26N2O5/c1-30-21(26)20(15-17-9-11-19(12-10-17)25(28)29)24-22(27)23(13-5-6-14-23)16-18-7-3-2-4-8-18/h2-4,7-12,20H,5-6,13-16H2,1H3,(H,24,27)/t20-/m0/s1. The summed E-state index contributed by atoms with van der Waals surface area (Å²) in [7, 11) is 1.28. The van der Waals surface area contributed by atoms with Gasteiger partial charge in [0.2, 0.25) is 5.91 Å². The van der Waals surface area contributed by atoms with Crippen molar-refractivity contribution in [3.8, 4) is 0 Å². The highest BCUT2D eigenvalue weighted by Crippen LogP contribution is 2.41. The average Bonchev–Trinajstić information content (AvgIpc) is 3.23. The number of esters is 1. The van der Waals surface area contributed by atoms with Gasteiger partial charge in [-0.05, 0) is 30.4 Å². The summed E-state index contributed by atoms with van der Waals surface area (Å²) in [4.78, 5) is 36.1. The normalized spacial score (nSPS) is 15.9. The van der Waals surface area contributed by atoms with Gasteiger partial charge in [0, 0.05) is 18.6 Å². The Hall–Kier alpha value is -3.22. The lowest BCUT2D eigenvalue weighted by Gasteiger charge is -2.30. The molecular formula is C23H26N2O5. The van der Waals surface area contributed by atoms with Gasteiger partial charge in [-0.15, -0.1) is 0 Å². The van der Waals surface area contributed by atoms with Gasteiger partial charge in [-0.3, -0.25) is 14.9 Å². The van der Waals surface area contributed by atoms with Crippen LogP contribution in [-0.2, 0) is 27.2 Å². The number of amides is 1. The van der Waals surface area contributed by atoms with Gasteiger partial charge in [0.15, 0.2) is 0 Å². The topological polar surface area (TPSA) is 98.5 Å². The number of nitrogens with zero attached hydrogens (tertiary/aromatic N) is 1. The molecular weight excluding hydrogens is 384 g/mol. The third-order valence-electron chi connectivity index (χ3n) is 5.81. The molecule has 1 fully saturated rings. The third kappa shape index (κ3) is 5.03. The molecule has 0 aromatic heterocycles. The van der Waals surface area contributed by atoms with E-state index in [4.69, 9.17) is 4.74 Å². The van der Waals surface area contributed by atoms with Crippen molar-refractivity contribution in [2.45, 2.75) is 44.6 Å². The van der Waals surface area contributed by atoms with Crippen molar-refractivity contribution >= 4 is 17.6 Å². The maximum atomic E-state index is 13.3. The molecule has 3 rings (SSSR count). The summed E-state index contributed by atoms with van der Waals surface area (Å²) >= 11 is 0. The van der Waals surface area contributed by atoms with E-state index in [-0.39, 0.29) is 18.0 Å². The maximum Gasteiger partial charge on any atom is 0.328 e. The Morgan fingerprint density at radius 2 is 1.70 bits per heavy atom. The van der Waals surface area contributed by atoms with Gasteiger partial charge in [0.1, 0.15) is 6.04 Å². The van der Waals surface area contributed by atoms with Crippen LogP contribution < -0.4 is 5.32 Å². The highest BCUT2D eigenvalue weighted by Gasteiger charge is 2.42. The number of methoxy groups -OCH3 is 1. The van der Waals surface area contributed by atoms with E-state index in [0.717, 1.165) is 31.2 Å². The summed E-state index contributed by atoms with van der Waals surface area (Å²) in [6.07, 6.45) is 4.35. The van der Waals surface area contributed by atoms with Crippen molar-refractivity contribution in [1.82, 2.24) is 5.32 Å². The molecule has 158 valence electrons. The summed E-state index contributed by atoms with van der Waals surface area (Å²) in [6.45, 7) is 0. The molecule has 0 radical (unpaired) electrons. The van der Waals surface area contributed by atoms with E-state index < -0.39 is 22.3 Å². The first-order valence-electron chi connectivity index (χ1n) is 10.1. The van der Waals surface area contributed by atoms with E-state index >= 15 is 0 Å². The number of rotatable bonds is 8. The molecule has 2 aromatic carbocycles. The fraction of sp³-hybridized carbons (Fsp3) is 0.391. The minimum atomic E-state index is -0.850. The van der Waals surface area contributed by atoms with Gasteiger partial charge in [-0.1, -0.05) is 55.3 Å². The fourth-order valence-corrected chi connectivity index (χ4v) is 4.16. The number of ether oxygens (including phenoxy) is 1. The van der Waals surface area contributed by atoms with Crippen LogP contribution in [0.1, 0.15) is 36.8 Å². The zero-order valence-corrected chi connectivity index (χ0v) is 17.0. The molecule has 1 aliphatic rings. The van der Waals surface area contributed by atoms with Gasteiger partial charge in [-0.2, -0.15) is 0 Å². The van der Waals surface area contributed by atoms with Crippen LogP contribution >= 0.6 is 0 Å². The van der Waals surface area contributed by atoms with Gasteiger partial charge in [0.25, 0.3) is 5.69 Å². The van der Waals surface area contributed by atoms with Gasteiger partial charge < -0.3 is 10.1 Å². The number of hydrogen-bond donors (Lipinski definition) is 1. The van der Waals surface area contributed by atoms with Crippen LogP contribution in [0.5, 0.6) is 0 Å². The van der Waals surface area contributed by atoms with E-state index in [2.05, 4.69) is 5.32 Å². The Labute approximate surface area is 175 Å². The molecule has 0 aliphatic heterocycles. The highest BCUT2D eigenvalue weighted by atomic mass is 16.6. The highest BCUT2D eigenvalue weighted by molar-refractivity contribution is 5.88. The van der Waals surface area contributed by atoms with Crippen molar-refractivity contribution in [2.75, 3.05) is 7.11 Å². The third-order valence-corrected chi connectivity index (χ3v) is 5.81. The van der Waals surface area contributed by atoms with Crippen LogP contribution in [0.4, 0.5) is 5.69 Å². The number of carbonyl (C=O) groups is 2. The number of non-ortho nitro benzene ring substituents is 1. The molecule has 1 amide bonds. The first kappa shape index (κ1) is 21.5. The number of carbonyl (C=O) groups excluding carboxylic acids is 2. The zero-order chi connectivity index (χ0) is 21.6. The Bertz CT molecular complexity index is 890. The van der Waals surface area contributed by atoms with E-state index in [1.807, 2.05) is 30.3 Å². The van der Waals surface area contributed by atoms with Crippen LogP contribution in [0.2, 0.25) is 0 Å². The monoisotopic (exact) mass is 410 g/mol. The van der Waals surface area contributed by atoms with Crippen molar-refractivity contribution in [3.05, 3.63) is 75.8 Å². The quantitative estimate of drug-likeness (QED) is 0.407. The Morgan fingerprint density at radius 1 is 1.07 bits per heavy atom. The first-order valence-corrected chi connectivity index (χ1v) is 10.1. The Morgan fingerprint density at radius 3 is 2.27 bits per heavy atom. The Balaban J connectivity index is 1.76. The molecule has 1 atom stereocenters. The van der Waals surface area contributed by atoms with E-state index in [1.54, 1.807) is 12.1 Å². The molecule has 1 saturated carbocycles. The SMILES string of the molecule is COC(=O)[C@H](Cc1ccc([N+](=O)[O-])cc1)NC(=O)C1(Cc2ccccc2)CCCC1. The van der Waals surface area contributed by atoms with Gasteiger partial charge >= 0.3 is 5.97 Å². The van der Waals surface area contributed by atoms with Crippen molar-refractivity contribution in [3.63, 3.8) is 0 Å². The summed E-state index contributed by atoms with van der Waals surface area (Å²) in [6, 6.07) is 15.0. The van der Waals surface area contributed by atoms with Crippen LogP contribution in [0.25, 0.3) is 0 Å². The van der Waals surface area contributed by atoms with Crippen LogP contribution in [0, 0.1) is 15.5 Å². The minimum absolute atomic E-state index is 0.0230. The van der Waals surface area contributed by atoms with E-state index in [0.29, 0.717) is 12.0 Å². The first-order chi connectivity index (χ1) is 14.4. The molecule has 1 aliphatic carbocycles.